The van der Waals surface area contributed by atoms with Gasteiger partial charge in [-0.3, -0.25) is 9.78 Å². The highest BCUT2D eigenvalue weighted by atomic mass is 16.5. The minimum Gasteiger partial charge on any atom is -0.386 e. The molecule has 0 saturated carbocycles. The Labute approximate surface area is 107 Å². The average molecular weight is 249 g/mol. The zero-order valence-electron chi connectivity index (χ0n) is 10.8. The number of nitrogens with one attached hydrogen (secondary N) is 1. The van der Waals surface area contributed by atoms with Gasteiger partial charge in [0.05, 0.1) is 36.7 Å². The number of aromatic nitrogens is 1. The van der Waals surface area contributed by atoms with E-state index in [1.165, 1.54) is 0 Å². The first kappa shape index (κ1) is 12.8. The second kappa shape index (κ2) is 5.82. The maximum atomic E-state index is 12.6. The van der Waals surface area contributed by atoms with Crippen molar-refractivity contribution >= 4 is 11.6 Å². The summed E-state index contributed by atoms with van der Waals surface area (Å²) in [6.07, 6.45) is 4.23. The quantitative estimate of drug-likeness (QED) is 0.879. The number of carbonyl (C=O) groups excluding carboxylic acids is 1. The van der Waals surface area contributed by atoms with E-state index in [0.29, 0.717) is 25.3 Å². The number of carbonyl (C=O) groups is 1. The third kappa shape index (κ3) is 2.46. The lowest BCUT2D eigenvalue weighted by atomic mass is 10.1. The Bertz CT molecular complexity index is 422. The standard InChI is InChI=1S/C13H19N3O2/c1-3-10-9-18-7-6-16(10)13(17)11-4-5-15-8-12(11)14-2/h4-5,8,10,14H,3,6-7,9H2,1-2H3. The van der Waals surface area contributed by atoms with E-state index < -0.39 is 0 Å². The summed E-state index contributed by atoms with van der Waals surface area (Å²) < 4.78 is 5.42. The third-order valence-corrected chi connectivity index (χ3v) is 3.28. The van der Waals surface area contributed by atoms with Crippen LogP contribution < -0.4 is 5.32 Å². The third-order valence-electron chi connectivity index (χ3n) is 3.28. The molecule has 1 N–H and O–H groups in total. The van der Waals surface area contributed by atoms with Gasteiger partial charge in [0, 0.05) is 19.8 Å². The molecule has 0 bridgehead atoms. The van der Waals surface area contributed by atoms with Gasteiger partial charge in [-0.15, -0.1) is 0 Å². The van der Waals surface area contributed by atoms with Crippen molar-refractivity contribution in [1.29, 1.82) is 0 Å². The maximum Gasteiger partial charge on any atom is 0.256 e. The maximum absolute atomic E-state index is 12.6. The summed E-state index contributed by atoms with van der Waals surface area (Å²) in [6, 6.07) is 1.93. The van der Waals surface area contributed by atoms with Gasteiger partial charge in [-0.1, -0.05) is 6.92 Å². The molecule has 1 atom stereocenters. The first-order chi connectivity index (χ1) is 8.77. The van der Waals surface area contributed by atoms with Crippen molar-refractivity contribution < 1.29 is 9.53 Å². The fourth-order valence-electron chi connectivity index (χ4n) is 2.20. The zero-order valence-corrected chi connectivity index (χ0v) is 10.8. The molecule has 1 unspecified atom stereocenters. The van der Waals surface area contributed by atoms with Crippen molar-refractivity contribution in [3.8, 4) is 0 Å². The molecule has 5 heteroatoms. The number of nitrogens with zero attached hydrogens (tertiary/aromatic N) is 2. The van der Waals surface area contributed by atoms with Gasteiger partial charge < -0.3 is 15.0 Å². The Morgan fingerprint density at radius 3 is 3.22 bits per heavy atom. The molecule has 2 heterocycles. The first-order valence-corrected chi connectivity index (χ1v) is 6.28. The summed E-state index contributed by atoms with van der Waals surface area (Å²) in [5.74, 6) is 0.0527. The van der Waals surface area contributed by atoms with Crippen molar-refractivity contribution in [2.24, 2.45) is 0 Å². The monoisotopic (exact) mass is 249 g/mol. The number of hydrogen-bond acceptors (Lipinski definition) is 4. The Morgan fingerprint density at radius 1 is 1.67 bits per heavy atom. The predicted octanol–water partition coefficient (Wildman–Crippen LogP) is 1.37. The molecule has 0 aliphatic carbocycles. The molecule has 1 saturated heterocycles. The molecule has 1 aromatic rings. The number of pyridine rings is 1. The van der Waals surface area contributed by atoms with Crippen LogP contribution in [0, 0.1) is 0 Å². The van der Waals surface area contributed by atoms with E-state index in [2.05, 4.69) is 17.2 Å². The van der Waals surface area contributed by atoms with Gasteiger partial charge in [0.15, 0.2) is 0 Å². The van der Waals surface area contributed by atoms with Crippen LogP contribution in [0.4, 0.5) is 5.69 Å². The SMILES string of the molecule is CCC1COCCN1C(=O)c1ccncc1NC. The largest absolute Gasteiger partial charge is 0.386 e. The molecule has 98 valence electrons. The molecule has 0 spiro atoms. The van der Waals surface area contributed by atoms with E-state index in [1.54, 1.807) is 25.5 Å². The van der Waals surface area contributed by atoms with Crippen molar-refractivity contribution in [2.45, 2.75) is 19.4 Å². The van der Waals surface area contributed by atoms with Crippen LogP contribution in [-0.2, 0) is 4.74 Å². The minimum atomic E-state index is 0.0527. The summed E-state index contributed by atoms with van der Waals surface area (Å²) in [4.78, 5) is 18.5. The molecule has 2 rings (SSSR count). The number of ether oxygens (including phenoxy) is 1. The van der Waals surface area contributed by atoms with E-state index in [-0.39, 0.29) is 11.9 Å². The summed E-state index contributed by atoms with van der Waals surface area (Å²) in [5, 5.41) is 3.01. The molecule has 0 aromatic carbocycles. The van der Waals surface area contributed by atoms with Gasteiger partial charge in [-0.2, -0.15) is 0 Å². The number of amides is 1. The normalized spacial score (nSPS) is 19.7. The summed E-state index contributed by atoms with van der Waals surface area (Å²) in [5.41, 5.74) is 1.44. The lowest BCUT2D eigenvalue weighted by molar-refractivity contribution is -0.00275. The van der Waals surface area contributed by atoms with Crippen LogP contribution in [-0.4, -0.2) is 48.6 Å². The number of rotatable bonds is 3. The second-order valence-electron chi connectivity index (χ2n) is 4.31. The lowest BCUT2D eigenvalue weighted by Crippen LogP contribution is -2.48. The van der Waals surface area contributed by atoms with E-state index in [0.717, 1.165) is 12.1 Å². The van der Waals surface area contributed by atoms with E-state index in [9.17, 15) is 4.79 Å². The highest BCUT2D eigenvalue weighted by Crippen LogP contribution is 2.19. The first-order valence-electron chi connectivity index (χ1n) is 6.28. The van der Waals surface area contributed by atoms with Crippen LogP contribution in [0.1, 0.15) is 23.7 Å². The highest BCUT2D eigenvalue weighted by molar-refractivity contribution is 5.99. The van der Waals surface area contributed by atoms with Crippen LogP contribution in [0.15, 0.2) is 18.5 Å². The Balaban J connectivity index is 2.24. The van der Waals surface area contributed by atoms with Crippen LogP contribution >= 0.6 is 0 Å². The molecule has 1 aliphatic heterocycles. The topological polar surface area (TPSA) is 54.5 Å². The number of morpholine rings is 1. The summed E-state index contributed by atoms with van der Waals surface area (Å²) >= 11 is 0. The lowest BCUT2D eigenvalue weighted by Gasteiger charge is -2.35. The smallest absolute Gasteiger partial charge is 0.256 e. The van der Waals surface area contributed by atoms with Gasteiger partial charge >= 0.3 is 0 Å². The second-order valence-corrected chi connectivity index (χ2v) is 4.31. The molecule has 1 aliphatic rings. The summed E-state index contributed by atoms with van der Waals surface area (Å²) in [6.45, 7) is 3.97. The number of hydrogen-bond donors (Lipinski definition) is 1. The van der Waals surface area contributed by atoms with E-state index >= 15 is 0 Å². The van der Waals surface area contributed by atoms with Gasteiger partial charge in [-0.05, 0) is 12.5 Å². The minimum absolute atomic E-state index is 0.0527. The van der Waals surface area contributed by atoms with E-state index in [1.807, 2.05) is 4.90 Å². The molecule has 1 amide bonds. The Kier molecular flexibility index (Phi) is 4.15. The molecular weight excluding hydrogens is 230 g/mol. The van der Waals surface area contributed by atoms with E-state index in [4.69, 9.17) is 4.74 Å². The molecule has 1 fully saturated rings. The van der Waals surface area contributed by atoms with Gasteiger partial charge in [0.25, 0.3) is 5.91 Å². The fourth-order valence-corrected chi connectivity index (χ4v) is 2.20. The van der Waals surface area contributed by atoms with Crippen molar-refractivity contribution in [3.05, 3.63) is 24.0 Å². The Hall–Kier alpha value is -1.62. The zero-order chi connectivity index (χ0) is 13.0. The summed E-state index contributed by atoms with van der Waals surface area (Å²) in [7, 11) is 1.80. The molecule has 18 heavy (non-hydrogen) atoms. The molecular formula is C13H19N3O2. The van der Waals surface area contributed by atoms with Crippen LogP contribution in [0.2, 0.25) is 0 Å². The molecule has 1 aromatic heterocycles. The molecule has 0 radical (unpaired) electrons. The van der Waals surface area contributed by atoms with Gasteiger partial charge in [0.1, 0.15) is 0 Å². The van der Waals surface area contributed by atoms with Crippen molar-refractivity contribution in [3.63, 3.8) is 0 Å². The van der Waals surface area contributed by atoms with Gasteiger partial charge in [-0.25, -0.2) is 0 Å². The fraction of sp³-hybridized carbons (Fsp3) is 0.538. The van der Waals surface area contributed by atoms with Gasteiger partial charge in [0.2, 0.25) is 0 Å². The Morgan fingerprint density at radius 2 is 2.50 bits per heavy atom. The predicted molar refractivity (Wildman–Crippen MR) is 69.7 cm³/mol. The van der Waals surface area contributed by atoms with Crippen LogP contribution in [0.3, 0.4) is 0 Å². The van der Waals surface area contributed by atoms with Crippen molar-refractivity contribution in [2.75, 3.05) is 32.1 Å². The average Bonchev–Trinajstić information content (AvgIpc) is 2.46. The molecule has 5 nitrogen and oxygen atoms in total. The van der Waals surface area contributed by atoms with Crippen molar-refractivity contribution in [1.82, 2.24) is 9.88 Å². The number of anilines is 1. The highest BCUT2D eigenvalue weighted by Gasteiger charge is 2.27. The van der Waals surface area contributed by atoms with Crippen LogP contribution in [0.5, 0.6) is 0 Å². The van der Waals surface area contributed by atoms with Crippen LogP contribution in [0.25, 0.3) is 0 Å².